The molecule has 0 aromatic carbocycles. The summed E-state index contributed by atoms with van der Waals surface area (Å²) in [6, 6.07) is 0. The molecule has 5 nitrogen and oxygen atoms in total. The smallest absolute Gasteiger partial charge is 0.236 e. The van der Waals surface area contributed by atoms with Crippen LogP contribution in [0.1, 0.15) is 13.8 Å². The second-order valence-electron chi connectivity index (χ2n) is 3.65. The van der Waals surface area contributed by atoms with Crippen molar-refractivity contribution in [3.8, 4) is 0 Å². The molecule has 0 bridgehead atoms. The Labute approximate surface area is 91.8 Å². The number of nitrogens with two attached hydrogens (primary N) is 1. The van der Waals surface area contributed by atoms with E-state index in [0.717, 1.165) is 13.1 Å². The highest BCUT2D eigenvalue weighted by atomic mass is 16.3. The molecule has 0 aliphatic rings. The average Bonchev–Trinajstić information content (AvgIpc) is 2.19. The molecule has 1 unspecified atom stereocenters. The predicted molar refractivity (Wildman–Crippen MR) is 60.5 cm³/mol. The van der Waals surface area contributed by atoms with E-state index < -0.39 is 6.10 Å². The molecule has 0 spiro atoms. The van der Waals surface area contributed by atoms with Gasteiger partial charge in [-0.05, 0) is 20.9 Å². The van der Waals surface area contributed by atoms with Crippen LogP contribution in [-0.2, 0) is 4.79 Å². The van der Waals surface area contributed by atoms with Crippen molar-refractivity contribution >= 4 is 5.91 Å². The summed E-state index contributed by atoms with van der Waals surface area (Å²) in [5.74, 6) is 0.0896. The topological polar surface area (TPSA) is 69.8 Å². The Balaban J connectivity index is 3.94. The third-order valence-electron chi connectivity index (χ3n) is 2.32. The minimum Gasteiger partial charge on any atom is -0.390 e. The molecular weight excluding hydrogens is 194 g/mol. The lowest BCUT2D eigenvalue weighted by molar-refractivity contribution is -0.131. The number of likely N-dealkylation sites (N-methyl/N-ethyl adjacent to an activating group) is 2. The Kier molecular flexibility index (Phi) is 7.29. The Bertz CT molecular complexity index is 184. The Hall–Kier alpha value is -0.650. The highest BCUT2D eigenvalue weighted by molar-refractivity contribution is 5.78. The third-order valence-corrected chi connectivity index (χ3v) is 2.32. The zero-order valence-electron chi connectivity index (χ0n) is 9.94. The monoisotopic (exact) mass is 217 g/mol. The molecule has 0 aliphatic heterocycles. The van der Waals surface area contributed by atoms with Crippen LogP contribution in [0.15, 0.2) is 0 Å². The van der Waals surface area contributed by atoms with Crippen LogP contribution < -0.4 is 5.73 Å². The van der Waals surface area contributed by atoms with Gasteiger partial charge in [0.05, 0.1) is 12.6 Å². The fourth-order valence-electron chi connectivity index (χ4n) is 1.41. The molecule has 0 saturated heterocycles. The molecular formula is C10H23N3O2. The zero-order valence-corrected chi connectivity index (χ0v) is 9.94. The summed E-state index contributed by atoms with van der Waals surface area (Å²) in [7, 11) is 1.81. The van der Waals surface area contributed by atoms with Gasteiger partial charge in [-0.1, -0.05) is 0 Å². The van der Waals surface area contributed by atoms with Crippen LogP contribution in [0, 0.1) is 0 Å². The first-order chi connectivity index (χ1) is 7.04. The maximum atomic E-state index is 11.7. The van der Waals surface area contributed by atoms with Gasteiger partial charge in [0.15, 0.2) is 0 Å². The first-order valence-corrected chi connectivity index (χ1v) is 5.39. The molecule has 5 heteroatoms. The largest absolute Gasteiger partial charge is 0.390 e. The number of hydrogen-bond acceptors (Lipinski definition) is 4. The Morgan fingerprint density at radius 1 is 1.40 bits per heavy atom. The minimum atomic E-state index is -0.556. The molecule has 3 N–H and O–H groups in total. The van der Waals surface area contributed by atoms with Crippen molar-refractivity contribution < 1.29 is 9.90 Å². The standard InChI is InChI=1S/C10H23N3O2/c1-4-13(5-2)10(15)8-12(3)7-9(14)6-11/h9,14H,4-8,11H2,1-3H3. The number of carbonyl (C=O) groups is 1. The number of aliphatic hydroxyl groups is 1. The second-order valence-corrected chi connectivity index (χ2v) is 3.65. The average molecular weight is 217 g/mol. The summed E-state index contributed by atoms with van der Waals surface area (Å²) >= 11 is 0. The molecule has 0 aromatic heterocycles. The zero-order chi connectivity index (χ0) is 11.8. The first kappa shape index (κ1) is 14.3. The molecule has 0 fully saturated rings. The fourth-order valence-corrected chi connectivity index (χ4v) is 1.41. The lowest BCUT2D eigenvalue weighted by Gasteiger charge is -2.24. The number of nitrogens with zero attached hydrogens (tertiary/aromatic N) is 2. The maximum Gasteiger partial charge on any atom is 0.236 e. The van der Waals surface area contributed by atoms with Crippen molar-refractivity contribution in [1.82, 2.24) is 9.80 Å². The highest BCUT2D eigenvalue weighted by Gasteiger charge is 2.13. The van der Waals surface area contributed by atoms with Crippen LogP contribution in [-0.4, -0.2) is 66.7 Å². The number of aliphatic hydroxyl groups excluding tert-OH is 1. The molecule has 0 saturated carbocycles. The van der Waals surface area contributed by atoms with Gasteiger partial charge in [-0.3, -0.25) is 9.69 Å². The minimum absolute atomic E-state index is 0.0896. The second kappa shape index (κ2) is 7.62. The van der Waals surface area contributed by atoms with Crippen LogP contribution in [0.2, 0.25) is 0 Å². The molecule has 0 heterocycles. The van der Waals surface area contributed by atoms with E-state index in [1.165, 1.54) is 0 Å². The molecule has 1 amide bonds. The van der Waals surface area contributed by atoms with E-state index in [4.69, 9.17) is 5.73 Å². The molecule has 0 rings (SSSR count). The Morgan fingerprint density at radius 3 is 2.33 bits per heavy atom. The third kappa shape index (κ3) is 5.71. The van der Waals surface area contributed by atoms with E-state index >= 15 is 0 Å². The maximum absolute atomic E-state index is 11.7. The predicted octanol–water partition coefficient (Wildman–Crippen LogP) is -0.894. The van der Waals surface area contributed by atoms with Gasteiger partial charge < -0.3 is 15.7 Å². The molecule has 0 aromatic rings. The number of amides is 1. The van der Waals surface area contributed by atoms with Crippen molar-refractivity contribution in [2.24, 2.45) is 5.73 Å². The van der Waals surface area contributed by atoms with E-state index in [0.29, 0.717) is 13.1 Å². The lowest BCUT2D eigenvalue weighted by Crippen LogP contribution is -2.42. The summed E-state index contributed by atoms with van der Waals surface area (Å²) in [5, 5.41) is 9.30. The van der Waals surface area contributed by atoms with Gasteiger partial charge in [0.2, 0.25) is 5.91 Å². The number of rotatable bonds is 7. The highest BCUT2D eigenvalue weighted by Crippen LogP contribution is 1.93. The summed E-state index contributed by atoms with van der Waals surface area (Å²) < 4.78 is 0. The SMILES string of the molecule is CCN(CC)C(=O)CN(C)CC(O)CN. The van der Waals surface area contributed by atoms with Gasteiger partial charge in [-0.25, -0.2) is 0 Å². The normalized spacial score (nSPS) is 12.9. The lowest BCUT2D eigenvalue weighted by atomic mass is 10.3. The fraction of sp³-hybridized carbons (Fsp3) is 0.900. The van der Waals surface area contributed by atoms with Gasteiger partial charge in [-0.15, -0.1) is 0 Å². The van der Waals surface area contributed by atoms with Gasteiger partial charge >= 0.3 is 0 Å². The molecule has 15 heavy (non-hydrogen) atoms. The van der Waals surface area contributed by atoms with Crippen molar-refractivity contribution in [2.75, 3.05) is 39.8 Å². The van der Waals surface area contributed by atoms with E-state index in [2.05, 4.69) is 0 Å². The summed E-state index contributed by atoms with van der Waals surface area (Å²) in [6.07, 6.45) is -0.556. The number of hydrogen-bond donors (Lipinski definition) is 2. The van der Waals surface area contributed by atoms with E-state index in [1.807, 2.05) is 13.8 Å². The number of carbonyl (C=O) groups excluding carboxylic acids is 1. The summed E-state index contributed by atoms with van der Waals surface area (Å²) in [5.41, 5.74) is 5.29. The van der Waals surface area contributed by atoms with Crippen LogP contribution in [0.5, 0.6) is 0 Å². The van der Waals surface area contributed by atoms with Crippen molar-refractivity contribution in [1.29, 1.82) is 0 Å². The molecule has 0 radical (unpaired) electrons. The van der Waals surface area contributed by atoms with Crippen molar-refractivity contribution in [2.45, 2.75) is 20.0 Å². The van der Waals surface area contributed by atoms with Gasteiger partial charge in [-0.2, -0.15) is 0 Å². The van der Waals surface area contributed by atoms with Crippen LogP contribution in [0.3, 0.4) is 0 Å². The molecule has 0 aliphatic carbocycles. The summed E-state index contributed by atoms with van der Waals surface area (Å²) in [6.45, 7) is 6.35. The van der Waals surface area contributed by atoms with E-state index in [-0.39, 0.29) is 12.5 Å². The quantitative estimate of drug-likeness (QED) is 0.580. The summed E-state index contributed by atoms with van der Waals surface area (Å²) in [4.78, 5) is 15.2. The van der Waals surface area contributed by atoms with Crippen LogP contribution >= 0.6 is 0 Å². The Morgan fingerprint density at radius 2 is 1.93 bits per heavy atom. The van der Waals surface area contributed by atoms with E-state index in [1.54, 1.807) is 16.8 Å². The van der Waals surface area contributed by atoms with Gasteiger partial charge in [0.1, 0.15) is 0 Å². The first-order valence-electron chi connectivity index (χ1n) is 5.39. The van der Waals surface area contributed by atoms with Gasteiger partial charge in [0, 0.05) is 26.2 Å². The van der Waals surface area contributed by atoms with E-state index in [9.17, 15) is 9.90 Å². The van der Waals surface area contributed by atoms with Crippen molar-refractivity contribution in [3.63, 3.8) is 0 Å². The van der Waals surface area contributed by atoms with Crippen LogP contribution in [0.25, 0.3) is 0 Å². The van der Waals surface area contributed by atoms with Crippen LogP contribution in [0.4, 0.5) is 0 Å². The molecule has 90 valence electrons. The molecule has 1 atom stereocenters. The van der Waals surface area contributed by atoms with Crippen molar-refractivity contribution in [3.05, 3.63) is 0 Å². The van der Waals surface area contributed by atoms with Gasteiger partial charge in [0.25, 0.3) is 0 Å².